The standard InChI is InChI=1S/C54H36N2/c1-5-15-37(16-6-1)40-26-29-52-49(34-40)50-35-41(38-17-7-2-8-18-38)27-30-53(50)56(52)46-32-43(39-19-9-3-10-20-39)31-44(33-46)42-25-28-48-47-23-13-14-24-51(47)55(54(48)36-42)45-21-11-4-12-22-45/h1-36H. The first-order valence-electron chi connectivity index (χ1n) is 19.3. The smallest absolute Gasteiger partial charge is 0.0547 e. The molecule has 0 aliphatic heterocycles. The van der Waals surface area contributed by atoms with E-state index >= 15 is 0 Å². The molecule has 262 valence electrons. The normalized spacial score (nSPS) is 11.6. The maximum absolute atomic E-state index is 2.46. The highest BCUT2D eigenvalue weighted by Gasteiger charge is 2.18. The van der Waals surface area contributed by atoms with E-state index < -0.39 is 0 Å². The molecule has 9 aromatic carbocycles. The zero-order valence-electron chi connectivity index (χ0n) is 30.7. The molecule has 0 aliphatic carbocycles. The molecule has 2 nitrogen and oxygen atoms in total. The second-order valence-corrected chi connectivity index (χ2v) is 14.6. The van der Waals surface area contributed by atoms with Crippen LogP contribution in [-0.4, -0.2) is 9.13 Å². The van der Waals surface area contributed by atoms with Gasteiger partial charge in [0.05, 0.1) is 22.1 Å². The minimum Gasteiger partial charge on any atom is -0.309 e. The predicted octanol–water partition coefficient (Wildman–Crippen LogP) is 14.5. The van der Waals surface area contributed by atoms with Gasteiger partial charge in [0.1, 0.15) is 0 Å². The van der Waals surface area contributed by atoms with Crippen molar-refractivity contribution in [2.24, 2.45) is 0 Å². The van der Waals surface area contributed by atoms with Crippen LogP contribution in [0.4, 0.5) is 0 Å². The summed E-state index contributed by atoms with van der Waals surface area (Å²) in [6.45, 7) is 0. The van der Waals surface area contributed by atoms with Crippen molar-refractivity contribution in [3.05, 3.63) is 218 Å². The van der Waals surface area contributed by atoms with E-state index in [0.29, 0.717) is 0 Å². The number of nitrogens with zero attached hydrogens (tertiary/aromatic N) is 2. The molecule has 0 unspecified atom stereocenters. The Balaban J connectivity index is 1.17. The van der Waals surface area contributed by atoms with Crippen LogP contribution in [0.2, 0.25) is 0 Å². The second kappa shape index (κ2) is 13.2. The predicted molar refractivity (Wildman–Crippen MR) is 237 cm³/mol. The van der Waals surface area contributed by atoms with Crippen LogP contribution < -0.4 is 0 Å². The van der Waals surface area contributed by atoms with Crippen LogP contribution in [0.1, 0.15) is 0 Å². The zero-order valence-corrected chi connectivity index (χ0v) is 30.7. The lowest BCUT2D eigenvalue weighted by Crippen LogP contribution is -1.96. The van der Waals surface area contributed by atoms with Crippen molar-refractivity contribution in [2.75, 3.05) is 0 Å². The molecule has 11 rings (SSSR count). The molecule has 11 aromatic rings. The number of rotatable bonds is 6. The van der Waals surface area contributed by atoms with E-state index in [1.807, 2.05) is 0 Å². The number of fused-ring (bicyclic) bond motifs is 6. The van der Waals surface area contributed by atoms with Gasteiger partial charge < -0.3 is 9.13 Å². The lowest BCUT2D eigenvalue weighted by atomic mass is 9.97. The molecule has 0 radical (unpaired) electrons. The summed E-state index contributed by atoms with van der Waals surface area (Å²) < 4.78 is 4.86. The van der Waals surface area contributed by atoms with Crippen molar-refractivity contribution < 1.29 is 0 Å². The summed E-state index contributed by atoms with van der Waals surface area (Å²) in [5.41, 5.74) is 16.6. The van der Waals surface area contributed by atoms with Gasteiger partial charge in [0.15, 0.2) is 0 Å². The SMILES string of the molecule is c1ccc(-c2cc(-c3ccc4c5ccccc5n(-c5ccccc5)c4c3)cc(-n3c4ccc(-c5ccccc5)cc4c4cc(-c5ccccc5)ccc43)c2)cc1. The van der Waals surface area contributed by atoms with Crippen molar-refractivity contribution >= 4 is 43.6 Å². The lowest BCUT2D eigenvalue weighted by Gasteiger charge is -2.15. The summed E-state index contributed by atoms with van der Waals surface area (Å²) in [5, 5.41) is 4.98. The fourth-order valence-electron chi connectivity index (χ4n) is 8.63. The first-order chi connectivity index (χ1) is 27.8. The minimum absolute atomic E-state index is 1.13. The fourth-order valence-corrected chi connectivity index (χ4v) is 8.63. The topological polar surface area (TPSA) is 9.86 Å². The summed E-state index contributed by atoms with van der Waals surface area (Å²) in [4.78, 5) is 0. The largest absolute Gasteiger partial charge is 0.309 e. The van der Waals surface area contributed by atoms with Gasteiger partial charge in [0.25, 0.3) is 0 Å². The average Bonchev–Trinajstić information content (AvgIpc) is 3.79. The highest BCUT2D eigenvalue weighted by atomic mass is 15.0. The molecule has 0 amide bonds. The number of hydrogen-bond acceptors (Lipinski definition) is 0. The van der Waals surface area contributed by atoms with Crippen LogP contribution in [0.3, 0.4) is 0 Å². The van der Waals surface area contributed by atoms with Crippen LogP contribution in [0.5, 0.6) is 0 Å². The summed E-state index contributed by atoms with van der Waals surface area (Å²) in [7, 11) is 0. The quantitative estimate of drug-likeness (QED) is 0.162. The molecule has 0 N–H and O–H groups in total. The molecular weight excluding hydrogens is 677 g/mol. The Kier molecular flexibility index (Phi) is 7.53. The molecule has 0 aliphatic rings. The van der Waals surface area contributed by atoms with Gasteiger partial charge in [-0.25, -0.2) is 0 Å². The molecule has 0 bridgehead atoms. The third kappa shape index (κ3) is 5.34. The van der Waals surface area contributed by atoms with Crippen molar-refractivity contribution in [3.8, 4) is 55.9 Å². The zero-order chi connectivity index (χ0) is 37.0. The van der Waals surface area contributed by atoms with Gasteiger partial charge >= 0.3 is 0 Å². The fraction of sp³-hybridized carbons (Fsp3) is 0. The summed E-state index contributed by atoms with van der Waals surface area (Å²) in [6.07, 6.45) is 0. The third-order valence-corrected chi connectivity index (χ3v) is 11.3. The van der Waals surface area contributed by atoms with E-state index in [1.54, 1.807) is 0 Å². The van der Waals surface area contributed by atoms with Crippen LogP contribution in [0.25, 0.3) is 99.5 Å². The lowest BCUT2D eigenvalue weighted by molar-refractivity contribution is 1.18. The molecule has 0 atom stereocenters. The Morgan fingerprint density at radius 2 is 0.607 bits per heavy atom. The highest BCUT2D eigenvalue weighted by Crippen LogP contribution is 2.41. The average molecular weight is 713 g/mol. The third-order valence-electron chi connectivity index (χ3n) is 11.3. The number of aromatic nitrogens is 2. The van der Waals surface area contributed by atoms with E-state index in [0.717, 1.165) is 11.4 Å². The number of para-hydroxylation sites is 2. The van der Waals surface area contributed by atoms with E-state index in [-0.39, 0.29) is 0 Å². The minimum atomic E-state index is 1.13. The van der Waals surface area contributed by atoms with Gasteiger partial charge in [-0.05, 0) is 111 Å². The molecule has 2 heteroatoms. The van der Waals surface area contributed by atoms with E-state index in [4.69, 9.17) is 0 Å². The van der Waals surface area contributed by atoms with Gasteiger partial charge in [0.2, 0.25) is 0 Å². The van der Waals surface area contributed by atoms with Crippen LogP contribution in [0, 0.1) is 0 Å². The molecule has 2 aromatic heterocycles. The molecule has 56 heavy (non-hydrogen) atoms. The monoisotopic (exact) mass is 712 g/mol. The van der Waals surface area contributed by atoms with Crippen molar-refractivity contribution in [1.29, 1.82) is 0 Å². The van der Waals surface area contributed by atoms with Gasteiger partial charge in [-0.2, -0.15) is 0 Å². The second-order valence-electron chi connectivity index (χ2n) is 14.6. The first kappa shape index (κ1) is 32.0. The van der Waals surface area contributed by atoms with Crippen LogP contribution >= 0.6 is 0 Å². The highest BCUT2D eigenvalue weighted by molar-refractivity contribution is 6.12. The molecule has 0 spiro atoms. The molecule has 0 fully saturated rings. The Hall–Kier alpha value is -7.42. The first-order valence-corrected chi connectivity index (χ1v) is 19.3. The molecular formula is C54H36N2. The van der Waals surface area contributed by atoms with Crippen LogP contribution in [-0.2, 0) is 0 Å². The van der Waals surface area contributed by atoms with E-state index in [2.05, 4.69) is 228 Å². The van der Waals surface area contributed by atoms with Crippen LogP contribution in [0.15, 0.2) is 218 Å². The van der Waals surface area contributed by atoms with E-state index in [9.17, 15) is 0 Å². The summed E-state index contributed by atoms with van der Waals surface area (Å²) in [6, 6.07) is 79.5. The summed E-state index contributed by atoms with van der Waals surface area (Å²) >= 11 is 0. The summed E-state index contributed by atoms with van der Waals surface area (Å²) in [5.74, 6) is 0. The van der Waals surface area contributed by atoms with Crippen molar-refractivity contribution in [1.82, 2.24) is 9.13 Å². The van der Waals surface area contributed by atoms with Gasteiger partial charge in [-0.1, -0.05) is 152 Å². The van der Waals surface area contributed by atoms with Crippen molar-refractivity contribution in [3.63, 3.8) is 0 Å². The maximum atomic E-state index is 2.46. The molecule has 0 saturated heterocycles. The van der Waals surface area contributed by atoms with E-state index in [1.165, 1.54) is 88.1 Å². The molecule has 2 heterocycles. The van der Waals surface area contributed by atoms with Crippen molar-refractivity contribution in [2.45, 2.75) is 0 Å². The maximum Gasteiger partial charge on any atom is 0.0547 e. The molecule has 0 saturated carbocycles. The Bertz CT molecular complexity index is 3110. The number of hydrogen-bond donors (Lipinski definition) is 0. The van der Waals surface area contributed by atoms with Gasteiger partial charge in [-0.15, -0.1) is 0 Å². The number of benzene rings is 9. The Morgan fingerprint density at radius 1 is 0.196 bits per heavy atom. The van der Waals surface area contributed by atoms with Gasteiger partial charge in [-0.3, -0.25) is 0 Å². The Morgan fingerprint density at radius 3 is 1.20 bits per heavy atom. The van der Waals surface area contributed by atoms with Gasteiger partial charge in [0, 0.05) is 32.9 Å². The Labute approximate surface area is 325 Å².